The van der Waals surface area contributed by atoms with Gasteiger partial charge in [0.1, 0.15) is 11.2 Å². The van der Waals surface area contributed by atoms with Crippen LogP contribution in [-0.4, -0.2) is 0 Å². The van der Waals surface area contributed by atoms with Gasteiger partial charge in [-0.15, -0.1) is 0 Å². The smallest absolute Gasteiger partial charge is 0.136 e. The first-order chi connectivity index (χ1) is 20.3. The second-order valence-electron chi connectivity index (χ2n) is 10.8. The van der Waals surface area contributed by atoms with Gasteiger partial charge in [0.15, 0.2) is 0 Å². The Bertz CT molecular complexity index is 2470. The van der Waals surface area contributed by atoms with E-state index in [0.29, 0.717) is 0 Å². The number of rotatable bonds is 2. The van der Waals surface area contributed by atoms with Gasteiger partial charge in [0.25, 0.3) is 0 Å². The van der Waals surface area contributed by atoms with Crippen LogP contribution in [0.3, 0.4) is 0 Å². The average molecular weight is 521 g/mol. The first-order valence-electron chi connectivity index (χ1n) is 14.1. The zero-order valence-electron chi connectivity index (χ0n) is 22.3. The summed E-state index contributed by atoms with van der Waals surface area (Å²) < 4.78 is 6.45. The first-order valence-corrected chi connectivity index (χ1v) is 14.1. The maximum atomic E-state index is 6.45. The zero-order valence-corrected chi connectivity index (χ0v) is 22.3. The first kappa shape index (κ1) is 22.4. The third-order valence-corrected chi connectivity index (χ3v) is 8.63. The van der Waals surface area contributed by atoms with Crippen molar-refractivity contribution in [3.05, 3.63) is 146 Å². The fraction of sp³-hybridized carbons (Fsp3) is 0. The minimum atomic E-state index is 0.916. The van der Waals surface area contributed by atoms with Crippen LogP contribution in [0.2, 0.25) is 0 Å². The van der Waals surface area contributed by atoms with Crippen molar-refractivity contribution in [2.75, 3.05) is 0 Å². The third-order valence-electron chi connectivity index (χ3n) is 8.63. The van der Waals surface area contributed by atoms with E-state index in [1.165, 1.54) is 70.7 Å². The van der Waals surface area contributed by atoms with Gasteiger partial charge in [0.2, 0.25) is 0 Å². The molecule has 1 heteroatoms. The lowest BCUT2D eigenvalue weighted by Crippen LogP contribution is -1.92. The maximum Gasteiger partial charge on any atom is 0.136 e. The SMILES string of the molecule is c1ccc2cc(-c3c4ccccc4c(-c4cccc5ccccc45)c4c3ccc3oc5ccccc5c34)ccc2c1. The summed E-state index contributed by atoms with van der Waals surface area (Å²) in [5.74, 6) is 0. The molecular weight excluding hydrogens is 496 g/mol. The van der Waals surface area contributed by atoms with E-state index >= 15 is 0 Å². The molecule has 190 valence electrons. The van der Waals surface area contributed by atoms with E-state index in [1.54, 1.807) is 0 Å². The summed E-state index contributed by atoms with van der Waals surface area (Å²) in [6, 6.07) is 52.6. The monoisotopic (exact) mass is 520 g/mol. The molecule has 0 N–H and O–H groups in total. The van der Waals surface area contributed by atoms with Crippen molar-refractivity contribution >= 4 is 65.0 Å². The Hall–Kier alpha value is -5.40. The van der Waals surface area contributed by atoms with Crippen molar-refractivity contribution in [2.24, 2.45) is 0 Å². The van der Waals surface area contributed by atoms with Crippen molar-refractivity contribution in [2.45, 2.75) is 0 Å². The Labute approximate surface area is 236 Å². The van der Waals surface area contributed by atoms with Crippen LogP contribution in [0.4, 0.5) is 0 Å². The van der Waals surface area contributed by atoms with Gasteiger partial charge in [-0.05, 0) is 84.2 Å². The zero-order chi connectivity index (χ0) is 26.9. The van der Waals surface area contributed by atoms with E-state index in [2.05, 4.69) is 146 Å². The molecule has 0 fully saturated rings. The van der Waals surface area contributed by atoms with E-state index in [9.17, 15) is 0 Å². The number of furan rings is 1. The Morgan fingerprint density at radius 2 is 1.00 bits per heavy atom. The van der Waals surface area contributed by atoms with E-state index in [4.69, 9.17) is 4.42 Å². The van der Waals surface area contributed by atoms with E-state index in [0.717, 1.165) is 16.6 Å². The number of hydrogen-bond acceptors (Lipinski definition) is 1. The molecule has 0 aliphatic carbocycles. The van der Waals surface area contributed by atoms with Crippen LogP contribution >= 0.6 is 0 Å². The summed E-state index contributed by atoms with van der Waals surface area (Å²) in [5, 5.41) is 12.3. The molecule has 1 nitrogen and oxygen atoms in total. The topological polar surface area (TPSA) is 13.1 Å². The lowest BCUT2D eigenvalue weighted by Gasteiger charge is -2.19. The minimum absolute atomic E-state index is 0.916. The second-order valence-corrected chi connectivity index (χ2v) is 10.8. The molecule has 1 heterocycles. The molecule has 0 saturated carbocycles. The van der Waals surface area contributed by atoms with Gasteiger partial charge in [0.05, 0.1) is 0 Å². The van der Waals surface area contributed by atoms with E-state index in [-0.39, 0.29) is 0 Å². The molecule has 8 aromatic carbocycles. The lowest BCUT2D eigenvalue weighted by molar-refractivity contribution is 0.669. The van der Waals surface area contributed by atoms with E-state index in [1.807, 2.05) is 0 Å². The maximum absolute atomic E-state index is 6.45. The number of benzene rings is 8. The standard InChI is InChI=1S/C40H24O/c1-2-12-27-24-28(21-20-25(27)10-1)37-31-15-5-6-16-32(31)38(30-18-9-13-26-11-3-4-14-29(26)30)40-34(37)22-23-36-39(40)33-17-7-8-19-35(33)41-36/h1-24H. The quantitative estimate of drug-likeness (QED) is 0.207. The van der Waals surface area contributed by atoms with Crippen LogP contribution in [-0.2, 0) is 0 Å². The van der Waals surface area contributed by atoms with Crippen molar-refractivity contribution in [3.63, 3.8) is 0 Å². The molecule has 9 aromatic rings. The highest BCUT2D eigenvalue weighted by atomic mass is 16.3. The summed E-state index contributed by atoms with van der Waals surface area (Å²) >= 11 is 0. The lowest BCUT2D eigenvalue weighted by atomic mass is 9.83. The number of hydrogen-bond donors (Lipinski definition) is 0. The summed E-state index contributed by atoms with van der Waals surface area (Å²) in [6.07, 6.45) is 0. The highest BCUT2D eigenvalue weighted by Gasteiger charge is 2.22. The van der Waals surface area contributed by atoms with Crippen molar-refractivity contribution in [1.82, 2.24) is 0 Å². The second kappa shape index (κ2) is 8.55. The molecule has 0 aliphatic rings. The molecule has 9 rings (SSSR count). The molecule has 0 bridgehead atoms. The molecule has 1 aromatic heterocycles. The fourth-order valence-corrected chi connectivity index (χ4v) is 6.86. The van der Waals surface area contributed by atoms with Crippen LogP contribution in [0.25, 0.3) is 87.3 Å². The molecule has 0 spiro atoms. The van der Waals surface area contributed by atoms with Gasteiger partial charge in [-0.1, -0.05) is 121 Å². The van der Waals surface area contributed by atoms with Gasteiger partial charge in [-0.3, -0.25) is 0 Å². The summed E-state index contributed by atoms with van der Waals surface area (Å²) in [5.41, 5.74) is 6.82. The predicted octanol–water partition coefficient (Wildman–Crippen LogP) is 11.5. The van der Waals surface area contributed by atoms with Gasteiger partial charge in [0, 0.05) is 16.2 Å². The van der Waals surface area contributed by atoms with Gasteiger partial charge < -0.3 is 4.42 Å². The normalized spacial score (nSPS) is 11.9. The molecular formula is C40H24O. The predicted molar refractivity (Wildman–Crippen MR) is 175 cm³/mol. The summed E-state index contributed by atoms with van der Waals surface area (Å²) in [4.78, 5) is 0. The third kappa shape index (κ3) is 3.24. The Kier molecular flexibility index (Phi) is 4.67. The van der Waals surface area contributed by atoms with Crippen LogP contribution in [0, 0.1) is 0 Å². The highest BCUT2D eigenvalue weighted by Crippen LogP contribution is 2.49. The Balaban J connectivity index is 1.56. The van der Waals surface area contributed by atoms with E-state index < -0.39 is 0 Å². The van der Waals surface area contributed by atoms with Gasteiger partial charge >= 0.3 is 0 Å². The molecule has 0 unspecified atom stereocenters. The minimum Gasteiger partial charge on any atom is -0.456 e. The largest absolute Gasteiger partial charge is 0.456 e. The van der Waals surface area contributed by atoms with Crippen molar-refractivity contribution in [1.29, 1.82) is 0 Å². The molecule has 0 saturated heterocycles. The molecule has 0 aliphatic heterocycles. The molecule has 0 radical (unpaired) electrons. The van der Waals surface area contributed by atoms with Gasteiger partial charge in [-0.2, -0.15) is 0 Å². The highest BCUT2D eigenvalue weighted by molar-refractivity contribution is 6.32. The fourth-order valence-electron chi connectivity index (χ4n) is 6.86. The van der Waals surface area contributed by atoms with Crippen LogP contribution in [0.5, 0.6) is 0 Å². The molecule has 0 amide bonds. The van der Waals surface area contributed by atoms with Crippen molar-refractivity contribution < 1.29 is 4.42 Å². The Morgan fingerprint density at radius 3 is 1.85 bits per heavy atom. The van der Waals surface area contributed by atoms with Crippen LogP contribution in [0.15, 0.2) is 150 Å². The average Bonchev–Trinajstić information content (AvgIpc) is 3.42. The Morgan fingerprint density at radius 1 is 0.341 bits per heavy atom. The van der Waals surface area contributed by atoms with Crippen molar-refractivity contribution in [3.8, 4) is 22.3 Å². The number of para-hydroxylation sites is 1. The number of fused-ring (bicyclic) bond motifs is 8. The van der Waals surface area contributed by atoms with Gasteiger partial charge in [-0.25, -0.2) is 0 Å². The van der Waals surface area contributed by atoms with Crippen LogP contribution in [0.1, 0.15) is 0 Å². The molecule has 41 heavy (non-hydrogen) atoms. The summed E-state index contributed by atoms with van der Waals surface area (Å²) in [6.45, 7) is 0. The summed E-state index contributed by atoms with van der Waals surface area (Å²) in [7, 11) is 0. The van der Waals surface area contributed by atoms with Crippen LogP contribution < -0.4 is 0 Å². The molecule has 0 atom stereocenters.